The average molecular weight is 426 g/mol. The molecule has 1 aromatic rings. The highest BCUT2D eigenvalue weighted by Gasteiger charge is 2.31. The second-order valence-corrected chi connectivity index (χ2v) is 8.20. The van der Waals surface area contributed by atoms with Crippen LogP contribution >= 0.6 is 0 Å². The number of hydrogen-bond donors (Lipinski definition) is 3. The molecule has 0 unspecified atom stereocenters. The van der Waals surface area contributed by atoms with Crippen LogP contribution in [0.25, 0.3) is 0 Å². The number of carbonyl (C=O) groups excluding carboxylic acids is 2. The standard InChI is InChI=1S/C21H29F3N4O2/c22-21(23,24)15-11-16(25)13-17(12-15)27-19(29)5-4-14-6-9-28(10-7-14)20(30)18-3-1-2-8-26-18/h11-14,18,26H,1-10,25H2,(H,27,29)/t18-/m0/s1. The molecule has 166 valence electrons. The van der Waals surface area contributed by atoms with Gasteiger partial charge < -0.3 is 21.3 Å². The van der Waals surface area contributed by atoms with Gasteiger partial charge in [0.2, 0.25) is 11.8 Å². The maximum atomic E-state index is 12.9. The quantitative estimate of drug-likeness (QED) is 0.630. The normalized spacial score (nSPS) is 20.8. The lowest BCUT2D eigenvalue weighted by Crippen LogP contribution is -2.50. The number of piperidine rings is 2. The van der Waals surface area contributed by atoms with Gasteiger partial charge in [-0.05, 0) is 62.8 Å². The van der Waals surface area contributed by atoms with Gasteiger partial charge in [0, 0.05) is 30.9 Å². The number of likely N-dealkylation sites (tertiary alicyclic amines) is 1. The number of nitrogens with two attached hydrogens (primary N) is 1. The predicted molar refractivity (Wildman–Crippen MR) is 109 cm³/mol. The van der Waals surface area contributed by atoms with Crippen molar-refractivity contribution in [2.24, 2.45) is 5.92 Å². The van der Waals surface area contributed by atoms with Crippen molar-refractivity contribution in [1.29, 1.82) is 0 Å². The summed E-state index contributed by atoms with van der Waals surface area (Å²) in [7, 11) is 0. The van der Waals surface area contributed by atoms with E-state index in [0.29, 0.717) is 25.4 Å². The number of amides is 2. The van der Waals surface area contributed by atoms with Gasteiger partial charge in [0.05, 0.1) is 11.6 Å². The Morgan fingerprint density at radius 3 is 2.50 bits per heavy atom. The van der Waals surface area contributed by atoms with Crippen LogP contribution in [0.4, 0.5) is 24.5 Å². The summed E-state index contributed by atoms with van der Waals surface area (Å²) in [6, 6.07) is 2.97. The minimum atomic E-state index is -4.52. The van der Waals surface area contributed by atoms with Crippen molar-refractivity contribution in [3.63, 3.8) is 0 Å². The second kappa shape index (κ2) is 9.68. The van der Waals surface area contributed by atoms with E-state index < -0.39 is 11.7 Å². The predicted octanol–water partition coefficient (Wildman–Crippen LogP) is 3.39. The molecule has 0 radical (unpaired) electrons. The maximum absolute atomic E-state index is 12.9. The third-order valence-electron chi connectivity index (χ3n) is 5.88. The molecule has 1 aromatic carbocycles. The van der Waals surface area contributed by atoms with Gasteiger partial charge in [-0.1, -0.05) is 6.42 Å². The van der Waals surface area contributed by atoms with E-state index in [0.717, 1.165) is 50.8 Å². The molecule has 2 amide bonds. The van der Waals surface area contributed by atoms with Crippen LogP contribution in [0.15, 0.2) is 18.2 Å². The molecule has 3 rings (SSSR count). The van der Waals surface area contributed by atoms with Crippen LogP contribution in [-0.4, -0.2) is 42.4 Å². The van der Waals surface area contributed by atoms with E-state index in [1.54, 1.807) is 0 Å². The number of carbonyl (C=O) groups is 2. The summed E-state index contributed by atoms with van der Waals surface area (Å²) >= 11 is 0. The summed E-state index contributed by atoms with van der Waals surface area (Å²) in [6.45, 7) is 2.26. The van der Waals surface area contributed by atoms with Crippen LogP contribution in [0.5, 0.6) is 0 Å². The van der Waals surface area contributed by atoms with Crippen molar-refractivity contribution in [1.82, 2.24) is 10.2 Å². The van der Waals surface area contributed by atoms with Gasteiger partial charge in [0.25, 0.3) is 0 Å². The Morgan fingerprint density at radius 2 is 1.87 bits per heavy atom. The molecule has 6 nitrogen and oxygen atoms in total. The minimum Gasteiger partial charge on any atom is -0.399 e. The third kappa shape index (κ3) is 6.10. The molecule has 9 heteroatoms. The van der Waals surface area contributed by atoms with E-state index >= 15 is 0 Å². The van der Waals surface area contributed by atoms with Crippen LogP contribution in [0.3, 0.4) is 0 Å². The zero-order chi connectivity index (χ0) is 21.7. The fourth-order valence-corrected chi connectivity index (χ4v) is 4.17. The molecule has 2 saturated heterocycles. The zero-order valence-electron chi connectivity index (χ0n) is 16.9. The molecule has 0 bridgehead atoms. The number of alkyl halides is 3. The molecule has 30 heavy (non-hydrogen) atoms. The van der Waals surface area contributed by atoms with Crippen molar-refractivity contribution in [2.45, 2.75) is 57.2 Å². The number of halogens is 3. The van der Waals surface area contributed by atoms with Crippen molar-refractivity contribution in [2.75, 3.05) is 30.7 Å². The molecule has 2 aliphatic heterocycles. The SMILES string of the molecule is Nc1cc(NC(=O)CCC2CCN(C(=O)[C@@H]3CCCCN3)CC2)cc(C(F)(F)F)c1. The number of anilines is 2. The maximum Gasteiger partial charge on any atom is 0.416 e. The molecular weight excluding hydrogens is 397 g/mol. The van der Waals surface area contributed by atoms with Gasteiger partial charge in [0.1, 0.15) is 0 Å². The summed E-state index contributed by atoms with van der Waals surface area (Å²) in [6.07, 6.45) is 1.09. The van der Waals surface area contributed by atoms with E-state index in [1.165, 1.54) is 6.07 Å². The molecule has 4 N–H and O–H groups in total. The monoisotopic (exact) mass is 426 g/mol. The Hall–Kier alpha value is -2.29. The van der Waals surface area contributed by atoms with Crippen molar-refractivity contribution >= 4 is 23.2 Å². The molecule has 0 aliphatic carbocycles. The molecule has 0 aromatic heterocycles. The Kier molecular flexibility index (Phi) is 7.23. The molecule has 0 spiro atoms. The summed E-state index contributed by atoms with van der Waals surface area (Å²) in [5.41, 5.74) is 4.64. The number of hydrogen-bond acceptors (Lipinski definition) is 4. The smallest absolute Gasteiger partial charge is 0.399 e. The number of nitrogens with zero attached hydrogens (tertiary/aromatic N) is 1. The lowest BCUT2D eigenvalue weighted by atomic mass is 9.91. The van der Waals surface area contributed by atoms with Gasteiger partial charge in [-0.3, -0.25) is 9.59 Å². The van der Waals surface area contributed by atoms with Crippen LogP contribution in [-0.2, 0) is 15.8 Å². The van der Waals surface area contributed by atoms with E-state index in [9.17, 15) is 22.8 Å². The van der Waals surface area contributed by atoms with Crippen LogP contribution in [0, 0.1) is 5.92 Å². The van der Waals surface area contributed by atoms with E-state index in [4.69, 9.17) is 5.73 Å². The van der Waals surface area contributed by atoms with Gasteiger partial charge in [-0.25, -0.2) is 0 Å². The number of rotatable bonds is 5. The van der Waals surface area contributed by atoms with Gasteiger partial charge >= 0.3 is 6.18 Å². The number of nitrogen functional groups attached to an aromatic ring is 1. The van der Waals surface area contributed by atoms with Crippen molar-refractivity contribution in [3.05, 3.63) is 23.8 Å². The lowest BCUT2D eigenvalue weighted by Gasteiger charge is -2.35. The largest absolute Gasteiger partial charge is 0.416 e. The topological polar surface area (TPSA) is 87.5 Å². The highest BCUT2D eigenvalue weighted by atomic mass is 19.4. The Bertz CT molecular complexity index is 755. The second-order valence-electron chi connectivity index (χ2n) is 8.20. The Morgan fingerprint density at radius 1 is 1.13 bits per heavy atom. The lowest BCUT2D eigenvalue weighted by molar-refractivity contribution is -0.137. The molecule has 0 saturated carbocycles. The third-order valence-corrected chi connectivity index (χ3v) is 5.88. The fraction of sp³-hybridized carbons (Fsp3) is 0.619. The number of benzene rings is 1. The van der Waals surface area contributed by atoms with Gasteiger partial charge in [-0.2, -0.15) is 13.2 Å². The van der Waals surface area contributed by atoms with Gasteiger partial charge in [0.15, 0.2) is 0 Å². The fourth-order valence-electron chi connectivity index (χ4n) is 4.17. The molecule has 1 atom stereocenters. The first-order valence-electron chi connectivity index (χ1n) is 10.5. The highest BCUT2D eigenvalue weighted by molar-refractivity contribution is 5.91. The van der Waals surface area contributed by atoms with Crippen LogP contribution in [0.2, 0.25) is 0 Å². The summed E-state index contributed by atoms with van der Waals surface area (Å²) in [5.74, 6) is 0.164. The van der Waals surface area contributed by atoms with Crippen molar-refractivity contribution < 1.29 is 22.8 Å². The molecule has 2 heterocycles. The summed E-state index contributed by atoms with van der Waals surface area (Å²) < 4.78 is 38.6. The Labute approximate surface area is 174 Å². The first-order chi connectivity index (χ1) is 14.2. The zero-order valence-corrected chi connectivity index (χ0v) is 16.9. The van der Waals surface area contributed by atoms with Gasteiger partial charge in [-0.15, -0.1) is 0 Å². The molecular formula is C21H29F3N4O2. The highest BCUT2D eigenvalue weighted by Crippen LogP contribution is 2.33. The Balaban J connectivity index is 1.43. The van der Waals surface area contributed by atoms with E-state index in [2.05, 4.69) is 10.6 Å². The van der Waals surface area contributed by atoms with E-state index in [-0.39, 0.29) is 35.7 Å². The average Bonchev–Trinajstić information content (AvgIpc) is 2.72. The number of nitrogens with one attached hydrogen (secondary N) is 2. The first-order valence-corrected chi connectivity index (χ1v) is 10.5. The summed E-state index contributed by atoms with van der Waals surface area (Å²) in [5, 5.41) is 5.80. The van der Waals surface area contributed by atoms with Crippen LogP contribution < -0.4 is 16.4 Å². The van der Waals surface area contributed by atoms with E-state index in [1.807, 2.05) is 4.90 Å². The molecule has 2 fully saturated rings. The molecule has 2 aliphatic rings. The summed E-state index contributed by atoms with van der Waals surface area (Å²) in [4.78, 5) is 26.7. The van der Waals surface area contributed by atoms with Crippen LogP contribution in [0.1, 0.15) is 50.5 Å². The first kappa shape index (κ1) is 22.4. The van der Waals surface area contributed by atoms with Crippen molar-refractivity contribution in [3.8, 4) is 0 Å². The minimum absolute atomic E-state index is 0.0488.